The third kappa shape index (κ3) is 4.11. The zero-order chi connectivity index (χ0) is 12.3. The normalized spacial score (nSPS) is 20.4. The van der Waals surface area contributed by atoms with E-state index in [1.165, 1.54) is 35.7 Å². The van der Waals surface area contributed by atoms with Gasteiger partial charge in [-0.3, -0.25) is 0 Å². The Morgan fingerprint density at radius 3 is 2.65 bits per heavy atom. The van der Waals surface area contributed by atoms with E-state index >= 15 is 0 Å². The average Bonchev–Trinajstić information content (AvgIpc) is 2.28. The molecule has 94 valence electrons. The number of halogens is 1. The fourth-order valence-corrected chi connectivity index (χ4v) is 2.96. The van der Waals surface area contributed by atoms with Crippen LogP contribution in [0.2, 0.25) is 0 Å². The molecule has 0 radical (unpaired) electrons. The topological polar surface area (TPSA) is 12.0 Å². The SMILES string of the molecule is CC1(C)CCC(NCc2cccc(Br)c2)CC1. The number of rotatable bonds is 3. The first-order chi connectivity index (χ1) is 8.05. The number of hydrogen-bond donors (Lipinski definition) is 1. The second-order valence-electron chi connectivity index (χ2n) is 5.95. The summed E-state index contributed by atoms with van der Waals surface area (Å²) in [4.78, 5) is 0. The fraction of sp³-hybridized carbons (Fsp3) is 0.600. The van der Waals surface area contributed by atoms with Crippen LogP contribution in [0.3, 0.4) is 0 Å². The van der Waals surface area contributed by atoms with E-state index in [9.17, 15) is 0 Å². The summed E-state index contributed by atoms with van der Waals surface area (Å²) < 4.78 is 1.17. The van der Waals surface area contributed by atoms with Crippen molar-refractivity contribution < 1.29 is 0 Å². The van der Waals surface area contributed by atoms with Crippen molar-refractivity contribution in [1.82, 2.24) is 5.32 Å². The van der Waals surface area contributed by atoms with E-state index in [1.54, 1.807) is 0 Å². The molecule has 1 aromatic carbocycles. The quantitative estimate of drug-likeness (QED) is 0.865. The van der Waals surface area contributed by atoms with Gasteiger partial charge in [0.15, 0.2) is 0 Å². The summed E-state index contributed by atoms with van der Waals surface area (Å²) >= 11 is 3.52. The Bertz CT molecular complexity index is 363. The van der Waals surface area contributed by atoms with E-state index in [0.29, 0.717) is 11.5 Å². The lowest BCUT2D eigenvalue weighted by molar-refractivity contribution is 0.206. The Balaban J connectivity index is 1.80. The van der Waals surface area contributed by atoms with Crippen molar-refractivity contribution in [3.63, 3.8) is 0 Å². The molecule has 1 N–H and O–H groups in total. The minimum absolute atomic E-state index is 0.563. The molecule has 1 saturated carbocycles. The largest absolute Gasteiger partial charge is 0.310 e. The molecule has 0 aliphatic heterocycles. The van der Waals surface area contributed by atoms with E-state index in [-0.39, 0.29) is 0 Å². The summed E-state index contributed by atoms with van der Waals surface area (Å²) in [5.74, 6) is 0. The summed E-state index contributed by atoms with van der Waals surface area (Å²) in [6.45, 7) is 5.76. The van der Waals surface area contributed by atoms with Crippen molar-refractivity contribution in [3.8, 4) is 0 Å². The van der Waals surface area contributed by atoms with E-state index in [2.05, 4.69) is 59.4 Å². The monoisotopic (exact) mass is 295 g/mol. The van der Waals surface area contributed by atoms with Gasteiger partial charge in [0.2, 0.25) is 0 Å². The predicted octanol–water partition coefficient (Wildman–Crippen LogP) is 4.51. The van der Waals surface area contributed by atoms with Gasteiger partial charge in [-0.15, -0.1) is 0 Å². The van der Waals surface area contributed by atoms with Crippen molar-refractivity contribution in [2.24, 2.45) is 5.41 Å². The van der Waals surface area contributed by atoms with Gasteiger partial charge in [0.1, 0.15) is 0 Å². The van der Waals surface area contributed by atoms with Crippen LogP contribution < -0.4 is 5.32 Å². The van der Waals surface area contributed by atoms with E-state index in [0.717, 1.165) is 6.54 Å². The number of hydrogen-bond acceptors (Lipinski definition) is 1. The van der Waals surface area contributed by atoms with E-state index in [4.69, 9.17) is 0 Å². The highest BCUT2D eigenvalue weighted by atomic mass is 79.9. The van der Waals surface area contributed by atoms with Crippen LogP contribution in [-0.4, -0.2) is 6.04 Å². The molecule has 0 atom stereocenters. The maximum Gasteiger partial charge on any atom is 0.0208 e. The maximum atomic E-state index is 3.68. The van der Waals surface area contributed by atoms with Gasteiger partial charge in [-0.2, -0.15) is 0 Å². The van der Waals surface area contributed by atoms with Gasteiger partial charge in [-0.05, 0) is 48.8 Å². The first kappa shape index (κ1) is 13.1. The Labute approximate surface area is 113 Å². The van der Waals surface area contributed by atoms with Gasteiger partial charge in [-0.25, -0.2) is 0 Å². The summed E-state index contributed by atoms with van der Waals surface area (Å²) in [6.07, 6.45) is 5.34. The van der Waals surface area contributed by atoms with Gasteiger partial charge in [0, 0.05) is 17.1 Å². The molecule has 0 aromatic heterocycles. The van der Waals surface area contributed by atoms with Crippen molar-refractivity contribution in [1.29, 1.82) is 0 Å². The van der Waals surface area contributed by atoms with E-state index < -0.39 is 0 Å². The number of nitrogens with one attached hydrogen (secondary N) is 1. The molecular weight excluding hydrogens is 274 g/mol. The van der Waals surface area contributed by atoms with Crippen LogP contribution in [0.25, 0.3) is 0 Å². The lowest BCUT2D eigenvalue weighted by Crippen LogP contribution is -2.35. The van der Waals surface area contributed by atoms with Crippen molar-refractivity contribution in [2.45, 2.75) is 52.1 Å². The molecule has 0 bridgehead atoms. The smallest absolute Gasteiger partial charge is 0.0208 e. The van der Waals surface area contributed by atoms with Crippen molar-refractivity contribution in [3.05, 3.63) is 34.3 Å². The third-order valence-corrected chi connectivity index (χ3v) is 4.32. The molecule has 0 saturated heterocycles. The molecule has 17 heavy (non-hydrogen) atoms. The van der Waals surface area contributed by atoms with Crippen LogP contribution in [0.4, 0.5) is 0 Å². The maximum absolute atomic E-state index is 3.68. The average molecular weight is 296 g/mol. The molecule has 0 unspecified atom stereocenters. The molecule has 0 amide bonds. The van der Waals surface area contributed by atoms with Gasteiger partial charge >= 0.3 is 0 Å². The molecule has 0 heterocycles. The second kappa shape index (κ2) is 5.53. The first-order valence-electron chi connectivity index (χ1n) is 6.53. The highest BCUT2D eigenvalue weighted by Crippen LogP contribution is 2.35. The Morgan fingerprint density at radius 2 is 2.00 bits per heavy atom. The summed E-state index contributed by atoms with van der Waals surface area (Å²) in [7, 11) is 0. The minimum atomic E-state index is 0.563. The molecule has 1 aromatic rings. The van der Waals surface area contributed by atoms with Gasteiger partial charge in [0.05, 0.1) is 0 Å². The minimum Gasteiger partial charge on any atom is -0.310 e. The van der Waals surface area contributed by atoms with Crippen LogP contribution in [0.15, 0.2) is 28.7 Å². The lowest BCUT2D eigenvalue weighted by atomic mass is 9.75. The summed E-state index contributed by atoms with van der Waals surface area (Å²) in [5, 5.41) is 3.68. The van der Waals surface area contributed by atoms with E-state index in [1.807, 2.05) is 0 Å². The zero-order valence-electron chi connectivity index (χ0n) is 10.8. The van der Waals surface area contributed by atoms with Gasteiger partial charge in [-0.1, -0.05) is 41.9 Å². The molecule has 1 fully saturated rings. The molecule has 1 aliphatic carbocycles. The Morgan fingerprint density at radius 1 is 1.29 bits per heavy atom. The van der Waals surface area contributed by atoms with Crippen LogP contribution in [-0.2, 0) is 6.54 Å². The van der Waals surface area contributed by atoms with Crippen molar-refractivity contribution in [2.75, 3.05) is 0 Å². The van der Waals surface area contributed by atoms with Crippen LogP contribution in [0.1, 0.15) is 45.1 Å². The van der Waals surface area contributed by atoms with Crippen molar-refractivity contribution >= 4 is 15.9 Å². The Hall–Kier alpha value is -0.340. The van der Waals surface area contributed by atoms with Gasteiger partial charge < -0.3 is 5.32 Å². The molecule has 2 rings (SSSR count). The van der Waals surface area contributed by atoms with Crippen LogP contribution in [0, 0.1) is 5.41 Å². The third-order valence-electron chi connectivity index (χ3n) is 3.82. The fourth-order valence-electron chi connectivity index (χ4n) is 2.51. The highest BCUT2D eigenvalue weighted by molar-refractivity contribution is 9.10. The Kier molecular flexibility index (Phi) is 4.26. The highest BCUT2D eigenvalue weighted by Gasteiger charge is 2.26. The van der Waals surface area contributed by atoms with Crippen LogP contribution in [0.5, 0.6) is 0 Å². The summed E-state index contributed by atoms with van der Waals surface area (Å²) in [6, 6.07) is 9.27. The standard InChI is InChI=1S/C15H22BrN/c1-15(2)8-6-14(7-9-15)17-11-12-4-3-5-13(16)10-12/h3-5,10,14,17H,6-9,11H2,1-2H3. The first-order valence-corrected chi connectivity index (χ1v) is 7.32. The lowest BCUT2D eigenvalue weighted by Gasteiger charge is -2.34. The predicted molar refractivity (Wildman–Crippen MR) is 77.0 cm³/mol. The molecule has 0 spiro atoms. The second-order valence-corrected chi connectivity index (χ2v) is 6.86. The summed E-state index contributed by atoms with van der Waals surface area (Å²) in [5.41, 5.74) is 1.93. The van der Waals surface area contributed by atoms with Crippen LogP contribution >= 0.6 is 15.9 Å². The zero-order valence-corrected chi connectivity index (χ0v) is 12.4. The number of benzene rings is 1. The van der Waals surface area contributed by atoms with Gasteiger partial charge in [0.25, 0.3) is 0 Å². The molecular formula is C15H22BrN. The molecule has 1 nitrogen and oxygen atoms in total. The molecule has 2 heteroatoms. The molecule has 1 aliphatic rings.